The summed E-state index contributed by atoms with van der Waals surface area (Å²) in [7, 11) is -1.84. The molecule has 2 rings (SSSR count). The topological polar surface area (TPSA) is 75.7 Å². The molecule has 0 unspecified atom stereocenters. The minimum atomic E-state index is -3.40. The van der Waals surface area contributed by atoms with E-state index in [4.69, 9.17) is 4.74 Å². The molecule has 26 heavy (non-hydrogen) atoms. The molecule has 1 fully saturated rings. The summed E-state index contributed by atoms with van der Waals surface area (Å²) >= 11 is 0. The van der Waals surface area contributed by atoms with Gasteiger partial charge in [-0.2, -0.15) is 0 Å². The number of hydrogen-bond donors (Lipinski definition) is 1. The quantitative estimate of drug-likeness (QED) is 0.712. The summed E-state index contributed by atoms with van der Waals surface area (Å²) in [6.45, 7) is 1.02. The van der Waals surface area contributed by atoms with Crippen molar-refractivity contribution in [2.24, 2.45) is 5.92 Å². The molecule has 1 aromatic carbocycles. The molecule has 1 aliphatic carbocycles. The van der Waals surface area contributed by atoms with Gasteiger partial charge in [0.2, 0.25) is 15.9 Å². The van der Waals surface area contributed by atoms with E-state index in [1.54, 1.807) is 31.4 Å². The first kappa shape index (κ1) is 20.6. The van der Waals surface area contributed by atoms with Crippen molar-refractivity contribution in [1.82, 2.24) is 5.32 Å². The van der Waals surface area contributed by atoms with E-state index in [9.17, 15) is 13.2 Å². The Morgan fingerprint density at radius 3 is 2.42 bits per heavy atom. The van der Waals surface area contributed by atoms with Gasteiger partial charge in [0.1, 0.15) is 5.75 Å². The summed E-state index contributed by atoms with van der Waals surface area (Å²) in [5.74, 6) is 1.27. The fourth-order valence-electron chi connectivity index (χ4n) is 3.36. The van der Waals surface area contributed by atoms with E-state index in [1.807, 2.05) is 0 Å². The maximum Gasteiger partial charge on any atom is 0.232 e. The SMILES string of the molecule is COc1ccc(N(CCCC(=O)NCC2CCCCC2)S(C)(=O)=O)cc1. The lowest BCUT2D eigenvalue weighted by Gasteiger charge is -2.23. The maximum atomic E-state index is 12.1. The van der Waals surface area contributed by atoms with E-state index < -0.39 is 10.0 Å². The largest absolute Gasteiger partial charge is 0.497 e. The summed E-state index contributed by atoms with van der Waals surface area (Å²) < 4.78 is 30.6. The number of anilines is 1. The van der Waals surface area contributed by atoms with E-state index in [2.05, 4.69) is 5.32 Å². The number of rotatable bonds is 9. The molecule has 1 saturated carbocycles. The van der Waals surface area contributed by atoms with Gasteiger partial charge in [0.05, 0.1) is 19.1 Å². The Hall–Kier alpha value is -1.76. The van der Waals surface area contributed by atoms with Crippen LogP contribution in [0.25, 0.3) is 0 Å². The van der Waals surface area contributed by atoms with Crippen molar-refractivity contribution in [3.8, 4) is 5.75 Å². The van der Waals surface area contributed by atoms with Gasteiger partial charge in [-0.15, -0.1) is 0 Å². The van der Waals surface area contributed by atoms with E-state index in [-0.39, 0.29) is 12.5 Å². The Labute approximate surface area is 157 Å². The van der Waals surface area contributed by atoms with Gasteiger partial charge >= 0.3 is 0 Å². The summed E-state index contributed by atoms with van der Waals surface area (Å²) in [6.07, 6.45) is 8.19. The molecule has 1 N–H and O–H groups in total. The minimum Gasteiger partial charge on any atom is -0.497 e. The lowest BCUT2D eigenvalue weighted by atomic mass is 9.89. The molecule has 1 aliphatic rings. The zero-order valence-corrected chi connectivity index (χ0v) is 16.6. The number of carbonyl (C=O) groups is 1. The van der Waals surface area contributed by atoms with Gasteiger partial charge < -0.3 is 10.1 Å². The van der Waals surface area contributed by atoms with Gasteiger partial charge in [0, 0.05) is 19.5 Å². The molecule has 0 heterocycles. The van der Waals surface area contributed by atoms with E-state index in [0.29, 0.717) is 30.2 Å². The van der Waals surface area contributed by atoms with Crippen molar-refractivity contribution in [3.05, 3.63) is 24.3 Å². The van der Waals surface area contributed by atoms with Crippen molar-refractivity contribution in [1.29, 1.82) is 0 Å². The van der Waals surface area contributed by atoms with Crippen LogP contribution in [-0.4, -0.2) is 40.8 Å². The minimum absolute atomic E-state index is 0.00115. The first-order valence-corrected chi connectivity index (χ1v) is 11.1. The maximum absolute atomic E-state index is 12.1. The lowest BCUT2D eigenvalue weighted by Crippen LogP contribution is -2.33. The molecule has 6 nitrogen and oxygen atoms in total. The summed E-state index contributed by atoms with van der Waals surface area (Å²) in [4.78, 5) is 12.0. The first-order valence-electron chi connectivity index (χ1n) is 9.28. The highest BCUT2D eigenvalue weighted by atomic mass is 32.2. The Morgan fingerprint density at radius 2 is 1.85 bits per heavy atom. The smallest absolute Gasteiger partial charge is 0.232 e. The van der Waals surface area contributed by atoms with Crippen molar-refractivity contribution in [3.63, 3.8) is 0 Å². The molecule has 0 bridgehead atoms. The molecule has 0 aromatic heterocycles. The average molecular weight is 383 g/mol. The van der Waals surface area contributed by atoms with Crippen LogP contribution in [0.1, 0.15) is 44.9 Å². The molecule has 0 aliphatic heterocycles. The van der Waals surface area contributed by atoms with Crippen LogP contribution in [0.5, 0.6) is 5.75 Å². The number of carbonyl (C=O) groups excluding carboxylic acids is 1. The third-order valence-electron chi connectivity index (χ3n) is 4.84. The molecule has 1 amide bonds. The molecule has 0 spiro atoms. The fraction of sp³-hybridized carbons (Fsp3) is 0.632. The van der Waals surface area contributed by atoms with Crippen LogP contribution < -0.4 is 14.4 Å². The molecule has 1 aromatic rings. The summed E-state index contributed by atoms with van der Waals surface area (Å²) in [5.41, 5.74) is 0.580. The van der Waals surface area contributed by atoms with Crippen LogP contribution in [0.3, 0.4) is 0 Å². The Kier molecular flexibility index (Phi) is 7.75. The highest BCUT2D eigenvalue weighted by Crippen LogP contribution is 2.23. The standard InChI is InChI=1S/C19H30N2O4S/c1-25-18-12-10-17(11-13-18)21(26(2,23)24)14-6-9-19(22)20-15-16-7-4-3-5-8-16/h10-13,16H,3-9,14-15H2,1-2H3,(H,20,22). The zero-order chi connectivity index (χ0) is 19.0. The van der Waals surface area contributed by atoms with Gasteiger partial charge in [-0.3, -0.25) is 9.10 Å². The molecular formula is C19H30N2O4S. The molecule has 7 heteroatoms. The van der Waals surface area contributed by atoms with Crippen LogP contribution in [0.2, 0.25) is 0 Å². The van der Waals surface area contributed by atoms with Gasteiger partial charge in [-0.05, 0) is 49.4 Å². The third kappa shape index (κ3) is 6.52. The number of nitrogens with one attached hydrogen (secondary N) is 1. The predicted molar refractivity (Wildman–Crippen MR) is 104 cm³/mol. The normalized spacial score (nSPS) is 15.5. The molecule has 0 saturated heterocycles. The van der Waals surface area contributed by atoms with Crippen LogP contribution in [-0.2, 0) is 14.8 Å². The van der Waals surface area contributed by atoms with Crippen LogP contribution in [0.4, 0.5) is 5.69 Å². The molecular weight excluding hydrogens is 352 g/mol. The predicted octanol–water partition coefficient (Wildman–Crippen LogP) is 2.94. The highest BCUT2D eigenvalue weighted by molar-refractivity contribution is 7.92. The number of sulfonamides is 1. The van der Waals surface area contributed by atoms with Gasteiger partial charge in [0.15, 0.2) is 0 Å². The van der Waals surface area contributed by atoms with Gasteiger partial charge in [-0.25, -0.2) is 8.42 Å². The van der Waals surface area contributed by atoms with Crippen LogP contribution in [0, 0.1) is 5.92 Å². The van der Waals surface area contributed by atoms with Gasteiger partial charge in [-0.1, -0.05) is 19.3 Å². The Balaban J connectivity index is 1.82. The monoisotopic (exact) mass is 382 g/mol. The van der Waals surface area contributed by atoms with Crippen molar-refractivity contribution in [2.45, 2.75) is 44.9 Å². The Bertz CT molecular complexity index is 667. The highest BCUT2D eigenvalue weighted by Gasteiger charge is 2.18. The third-order valence-corrected chi connectivity index (χ3v) is 6.03. The second-order valence-corrected chi connectivity index (χ2v) is 8.85. The molecule has 0 radical (unpaired) electrons. The van der Waals surface area contributed by atoms with E-state index in [1.165, 1.54) is 42.7 Å². The van der Waals surface area contributed by atoms with E-state index in [0.717, 1.165) is 6.54 Å². The number of nitrogens with zero attached hydrogens (tertiary/aromatic N) is 1. The van der Waals surface area contributed by atoms with E-state index >= 15 is 0 Å². The van der Waals surface area contributed by atoms with Crippen molar-refractivity contribution >= 4 is 21.6 Å². The lowest BCUT2D eigenvalue weighted by molar-refractivity contribution is -0.121. The number of methoxy groups -OCH3 is 1. The Morgan fingerprint density at radius 1 is 1.19 bits per heavy atom. The zero-order valence-electron chi connectivity index (χ0n) is 15.7. The second-order valence-electron chi connectivity index (χ2n) is 6.94. The van der Waals surface area contributed by atoms with Gasteiger partial charge in [0.25, 0.3) is 0 Å². The van der Waals surface area contributed by atoms with Crippen molar-refractivity contribution in [2.75, 3.05) is 30.8 Å². The number of hydrogen-bond acceptors (Lipinski definition) is 4. The van der Waals surface area contributed by atoms with Crippen molar-refractivity contribution < 1.29 is 17.9 Å². The number of benzene rings is 1. The fourth-order valence-corrected chi connectivity index (χ4v) is 4.32. The van der Waals surface area contributed by atoms with Crippen LogP contribution in [0.15, 0.2) is 24.3 Å². The second kappa shape index (κ2) is 9.80. The molecule has 146 valence electrons. The number of ether oxygens (including phenoxy) is 1. The summed E-state index contributed by atoms with van der Waals surface area (Å²) in [5, 5.41) is 3.00. The number of amides is 1. The first-order chi connectivity index (χ1) is 12.4. The van der Waals surface area contributed by atoms with Crippen LogP contribution >= 0.6 is 0 Å². The summed E-state index contributed by atoms with van der Waals surface area (Å²) in [6, 6.07) is 6.88. The molecule has 0 atom stereocenters. The average Bonchev–Trinajstić information content (AvgIpc) is 2.63.